The van der Waals surface area contributed by atoms with Gasteiger partial charge in [-0.1, -0.05) is 13.0 Å². The second-order valence-corrected chi connectivity index (χ2v) is 5.69. The number of hydrogen-bond donors (Lipinski definition) is 1. The number of pyridine rings is 1. The highest BCUT2D eigenvalue weighted by Crippen LogP contribution is 2.03. The lowest BCUT2D eigenvalue weighted by Gasteiger charge is -2.18. The average Bonchev–Trinajstić information content (AvgIpc) is 2.39. The molecule has 0 aliphatic carbocycles. The third kappa shape index (κ3) is 7.58. The van der Waals surface area contributed by atoms with E-state index < -0.39 is 0 Å². The monoisotopic (exact) mass is 278 g/mol. The Kier molecular flexibility index (Phi) is 8.42. The molecule has 0 radical (unpaired) electrons. The Hall–Kier alpha value is -0.970. The topological polar surface area (TPSA) is 31.4 Å². The van der Waals surface area contributed by atoms with Crippen LogP contribution in [0.3, 0.4) is 0 Å². The maximum absolute atomic E-state index is 4.71. The number of nitrogens with zero attached hydrogens (tertiary/aromatic N) is 3. The van der Waals surface area contributed by atoms with Gasteiger partial charge >= 0.3 is 0 Å². The third-order valence-corrected chi connectivity index (χ3v) is 3.17. The fraction of sp³-hybridized carbons (Fsp3) is 0.688. The molecule has 0 unspecified atom stereocenters. The van der Waals surface area contributed by atoms with Crippen molar-refractivity contribution in [1.29, 1.82) is 0 Å². The third-order valence-electron chi connectivity index (χ3n) is 3.17. The van der Waals surface area contributed by atoms with Gasteiger partial charge in [0.25, 0.3) is 0 Å². The molecule has 0 aliphatic rings. The van der Waals surface area contributed by atoms with E-state index in [0.29, 0.717) is 0 Å². The standard InChI is InChI=1S/C16H30N4/c1-5-10-17-13-15-8-6-9-16(18-15)14-20(4)12-7-11-19(2)3/h6,8-9,17H,5,7,10-14H2,1-4H3. The highest BCUT2D eigenvalue weighted by Gasteiger charge is 2.03. The zero-order valence-corrected chi connectivity index (χ0v) is 13.5. The van der Waals surface area contributed by atoms with Crippen LogP contribution in [-0.4, -0.2) is 55.6 Å². The maximum Gasteiger partial charge on any atom is 0.0547 e. The molecule has 1 heterocycles. The minimum absolute atomic E-state index is 0.867. The van der Waals surface area contributed by atoms with Gasteiger partial charge < -0.3 is 15.1 Å². The molecule has 0 saturated heterocycles. The van der Waals surface area contributed by atoms with Crippen LogP contribution in [0.15, 0.2) is 18.2 Å². The fourth-order valence-corrected chi connectivity index (χ4v) is 2.12. The molecule has 1 N–H and O–H groups in total. The first-order chi connectivity index (χ1) is 9.61. The summed E-state index contributed by atoms with van der Waals surface area (Å²) >= 11 is 0. The molecule has 1 aromatic heterocycles. The van der Waals surface area contributed by atoms with Gasteiger partial charge in [-0.25, -0.2) is 0 Å². The first-order valence-electron chi connectivity index (χ1n) is 7.60. The number of nitrogens with one attached hydrogen (secondary N) is 1. The summed E-state index contributed by atoms with van der Waals surface area (Å²) in [5.74, 6) is 0. The van der Waals surface area contributed by atoms with Crippen LogP contribution in [0.2, 0.25) is 0 Å². The molecule has 0 spiro atoms. The summed E-state index contributed by atoms with van der Waals surface area (Å²) in [6.45, 7) is 7.27. The molecule has 0 bridgehead atoms. The van der Waals surface area contributed by atoms with Crippen LogP contribution in [0.1, 0.15) is 31.2 Å². The quantitative estimate of drug-likeness (QED) is 0.663. The summed E-state index contributed by atoms with van der Waals surface area (Å²) in [6.07, 6.45) is 2.36. The molecule has 1 aromatic rings. The summed E-state index contributed by atoms with van der Waals surface area (Å²) in [5, 5.41) is 3.40. The lowest BCUT2D eigenvalue weighted by atomic mass is 10.2. The SMILES string of the molecule is CCCNCc1cccc(CN(C)CCCN(C)C)n1. The first-order valence-corrected chi connectivity index (χ1v) is 7.60. The smallest absolute Gasteiger partial charge is 0.0547 e. The minimum atomic E-state index is 0.867. The van der Waals surface area contributed by atoms with Crippen LogP contribution >= 0.6 is 0 Å². The van der Waals surface area contributed by atoms with E-state index in [1.807, 2.05) is 0 Å². The van der Waals surface area contributed by atoms with Gasteiger partial charge in [0.15, 0.2) is 0 Å². The lowest BCUT2D eigenvalue weighted by molar-refractivity contribution is 0.292. The van der Waals surface area contributed by atoms with E-state index in [9.17, 15) is 0 Å². The molecular weight excluding hydrogens is 248 g/mol. The molecule has 20 heavy (non-hydrogen) atoms. The number of rotatable bonds is 10. The fourth-order valence-electron chi connectivity index (χ4n) is 2.12. The summed E-state index contributed by atoms with van der Waals surface area (Å²) in [7, 11) is 6.40. The van der Waals surface area contributed by atoms with Gasteiger partial charge in [-0.2, -0.15) is 0 Å². The van der Waals surface area contributed by atoms with Crippen molar-refractivity contribution in [3.05, 3.63) is 29.6 Å². The van der Waals surface area contributed by atoms with E-state index in [0.717, 1.165) is 50.5 Å². The van der Waals surface area contributed by atoms with Crippen molar-refractivity contribution in [3.8, 4) is 0 Å². The van der Waals surface area contributed by atoms with E-state index in [4.69, 9.17) is 4.98 Å². The second kappa shape index (κ2) is 9.86. The normalized spacial score (nSPS) is 11.5. The summed E-state index contributed by atoms with van der Waals surface area (Å²) in [4.78, 5) is 9.28. The molecule has 0 fully saturated rings. The Bertz CT molecular complexity index is 365. The predicted octanol–water partition coefficient (Wildman–Crippen LogP) is 1.96. The molecule has 1 rings (SSSR count). The van der Waals surface area contributed by atoms with Crippen LogP contribution in [0, 0.1) is 0 Å². The molecule has 0 aromatic carbocycles. The Morgan fingerprint density at radius 3 is 2.55 bits per heavy atom. The Balaban J connectivity index is 2.36. The molecule has 4 heteroatoms. The van der Waals surface area contributed by atoms with E-state index in [1.54, 1.807) is 0 Å². The molecule has 0 saturated carbocycles. The summed E-state index contributed by atoms with van der Waals surface area (Å²) in [5.41, 5.74) is 2.30. The lowest BCUT2D eigenvalue weighted by Crippen LogP contribution is -2.24. The molecule has 0 amide bonds. The van der Waals surface area contributed by atoms with E-state index in [-0.39, 0.29) is 0 Å². The van der Waals surface area contributed by atoms with Gasteiger partial charge in [0.05, 0.1) is 11.4 Å². The van der Waals surface area contributed by atoms with Crippen LogP contribution in [-0.2, 0) is 13.1 Å². The predicted molar refractivity (Wildman–Crippen MR) is 85.7 cm³/mol. The van der Waals surface area contributed by atoms with Crippen molar-refractivity contribution in [1.82, 2.24) is 20.1 Å². The van der Waals surface area contributed by atoms with Gasteiger partial charge in [-0.05, 0) is 65.8 Å². The van der Waals surface area contributed by atoms with Crippen molar-refractivity contribution in [2.45, 2.75) is 32.9 Å². The Morgan fingerprint density at radius 2 is 1.85 bits per heavy atom. The zero-order chi connectivity index (χ0) is 14.8. The first kappa shape index (κ1) is 17.1. The Labute approximate surface area is 124 Å². The van der Waals surface area contributed by atoms with Crippen molar-refractivity contribution in [3.63, 3.8) is 0 Å². The molecule has 0 atom stereocenters. The van der Waals surface area contributed by atoms with Crippen molar-refractivity contribution < 1.29 is 0 Å². The van der Waals surface area contributed by atoms with Gasteiger partial charge in [0, 0.05) is 13.1 Å². The van der Waals surface area contributed by atoms with Crippen LogP contribution in [0.4, 0.5) is 0 Å². The summed E-state index contributed by atoms with van der Waals surface area (Å²) in [6, 6.07) is 6.32. The molecule has 114 valence electrons. The van der Waals surface area contributed by atoms with Gasteiger partial charge in [-0.3, -0.25) is 4.98 Å². The van der Waals surface area contributed by atoms with Gasteiger partial charge in [0.2, 0.25) is 0 Å². The van der Waals surface area contributed by atoms with E-state index >= 15 is 0 Å². The molecule has 4 nitrogen and oxygen atoms in total. The largest absolute Gasteiger partial charge is 0.311 e. The van der Waals surface area contributed by atoms with E-state index in [1.165, 1.54) is 6.42 Å². The van der Waals surface area contributed by atoms with Crippen LogP contribution < -0.4 is 5.32 Å². The van der Waals surface area contributed by atoms with Gasteiger partial charge in [-0.15, -0.1) is 0 Å². The molecule has 0 aliphatic heterocycles. The van der Waals surface area contributed by atoms with Gasteiger partial charge in [0.1, 0.15) is 0 Å². The van der Waals surface area contributed by atoms with Crippen molar-refractivity contribution >= 4 is 0 Å². The minimum Gasteiger partial charge on any atom is -0.311 e. The highest BCUT2D eigenvalue weighted by atomic mass is 15.1. The van der Waals surface area contributed by atoms with E-state index in [2.05, 4.69) is 61.4 Å². The Morgan fingerprint density at radius 1 is 1.10 bits per heavy atom. The zero-order valence-electron chi connectivity index (χ0n) is 13.5. The van der Waals surface area contributed by atoms with Crippen LogP contribution in [0.25, 0.3) is 0 Å². The van der Waals surface area contributed by atoms with Crippen molar-refractivity contribution in [2.75, 3.05) is 40.8 Å². The highest BCUT2D eigenvalue weighted by molar-refractivity contribution is 5.11. The van der Waals surface area contributed by atoms with Crippen molar-refractivity contribution in [2.24, 2.45) is 0 Å². The average molecular weight is 278 g/mol. The van der Waals surface area contributed by atoms with Crippen LogP contribution in [0.5, 0.6) is 0 Å². The number of hydrogen-bond acceptors (Lipinski definition) is 4. The summed E-state index contributed by atoms with van der Waals surface area (Å²) < 4.78 is 0. The molecular formula is C16H30N4. The number of aromatic nitrogens is 1. The maximum atomic E-state index is 4.71. The second-order valence-electron chi connectivity index (χ2n) is 5.69.